The van der Waals surface area contributed by atoms with Gasteiger partial charge in [0, 0.05) is 6.42 Å². The number of hydrogen-bond acceptors (Lipinski definition) is 4. The van der Waals surface area contributed by atoms with Gasteiger partial charge in [0.2, 0.25) is 0 Å². The number of benzene rings is 1. The van der Waals surface area contributed by atoms with E-state index in [-0.39, 0.29) is 12.2 Å². The Labute approximate surface area is 113 Å². The number of phenols is 1. The van der Waals surface area contributed by atoms with Gasteiger partial charge in [0.15, 0.2) is 0 Å². The minimum Gasteiger partial charge on any atom is -0.508 e. The predicted molar refractivity (Wildman–Crippen MR) is 73.6 cm³/mol. The molecule has 0 atom stereocenters. The number of carbonyl (C=O) groups is 1. The molecule has 0 spiro atoms. The van der Waals surface area contributed by atoms with Crippen LogP contribution in [0.15, 0.2) is 18.2 Å². The van der Waals surface area contributed by atoms with Crippen LogP contribution in [0.1, 0.15) is 33.3 Å². The Hall–Kier alpha value is -1.33. The molecule has 1 aliphatic heterocycles. The summed E-state index contributed by atoms with van der Waals surface area (Å²) in [5.41, 5.74) is 0.680. The van der Waals surface area contributed by atoms with E-state index in [0.717, 1.165) is 17.3 Å². The highest BCUT2D eigenvalue weighted by Crippen LogP contribution is 2.36. The number of rotatable bonds is 3. The summed E-state index contributed by atoms with van der Waals surface area (Å²) in [5.74, 6) is 0.136. The molecule has 0 amide bonds. The van der Waals surface area contributed by atoms with E-state index in [9.17, 15) is 9.90 Å². The van der Waals surface area contributed by atoms with Crippen molar-refractivity contribution in [1.82, 2.24) is 0 Å². The molecule has 2 rings (SSSR count). The predicted octanol–water partition coefficient (Wildman–Crippen LogP) is 1.43. The smallest absolute Gasteiger partial charge is 0.495 e. The van der Waals surface area contributed by atoms with E-state index in [4.69, 9.17) is 9.31 Å². The third-order valence-electron chi connectivity index (χ3n) is 3.94. The average molecular weight is 262 g/mol. The first kappa shape index (κ1) is 14.1. The molecule has 0 aliphatic carbocycles. The van der Waals surface area contributed by atoms with Gasteiger partial charge in [-0.2, -0.15) is 0 Å². The Morgan fingerprint density at radius 1 is 1.21 bits per heavy atom. The van der Waals surface area contributed by atoms with E-state index in [0.29, 0.717) is 0 Å². The SMILES string of the molecule is CC1(C)OB(c2ccc(O)cc2CC=O)OC1(C)C. The van der Waals surface area contributed by atoms with Gasteiger partial charge in [0.05, 0.1) is 11.2 Å². The number of aldehydes is 1. The Bertz CT molecular complexity index is 480. The molecule has 0 aromatic heterocycles. The molecule has 1 aromatic rings. The first-order valence-corrected chi connectivity index (χ1v) is 6.38. The van der Waals surface area contributed by atoms with Gasteiger partial charge in [-0.15, -0.1) is 0 Å². The molecule has 1 fully saturated rings. The Kier molecular flexibility index (Phi) is 3.45. The van der Waals surface area contributed by atoms with E-state index in [1.54, 1.807) is 18.2 Å². The van der Waals surface area contributed by atoms with Gasteiger partial charge in [-0.3, -0.25) is 0 Å². The second-order valence-electron chi connectivity index (χ2n) is 5.84. The maximum atomic E-state index is 10.7. The molecule has 5 heteroatoms. The molecule has 4 nitrogen and oxygen atoms in total. The van der Waals surface area contributed by atoms with E-state index in [2.05, 4.69) is 0 Å². The molecule has 1 heterocycles. The number of phenolic OH excluding ortho intramolecular Hbond substituents is 1. The summed E-state index contributed by atoms with van der Waals surface area (Å²) < 4.78 is 11.9. The third kappa shape index (κ3) is 2.53. The van der Waals surface area contributed by atoms with Crippen molar-refractivity contribution >= 4 is 18.9 Å². The van der Waals surface area contributed by atoms with Crippen molar-refractivity contribution in [2.75, 3.05) is 0 Å². The van der Waals surface area contributed by atoms with Crippen molar-refractivity contribution in [3.8, 4) is 5.75 Å². The zero-order valence-corrected chi connectivity index (χ0v) is 11.8. The van der Waals surface area contributed by atoms with Gasteiger partial charge >= 0.3 is 7.12 Å². The fraction of sp³-hybridized carbons (Fsp3) is 0.500. The highest BCUT2D eigenvalue weighted by molar-refractivity contribution is 6.62. The zero-order valence-electron chi connectivity index (χ0n) is 11.8. The van der Waals surface area contributed by atoms with Crippen LogP contribution >= 0.6 is 0 Å². The molecule has 1 N–H and O–H groups in total. The van der Waals surface area contributed by atoms with E-state index >= 15 is 0 Å². The van der Waals surface area contributed by atoms with Crippen LogP contribution in [-0.4, -0.2) is 29.7 Å². The number of hydrogen-bond donors (Lipinski definition) is 1. The largest absolute Gasteiger partial charge is 0.508 e. The van der Waals surface area contributed by atoms with E-state index in [1.807, 2.05) is 27.7 Å². The van der Waals surface area contributed by atoms with Crippen LogP contribution in [0.2, 0.25) is 0 Å². The molecule has 0 unspecified atom stereocenters. The van der Waals surface area contributed by atoms with Gasteiger partial charge in [0.25, 0.3) is 0 Å². The zero-order chi connectivity index (χ0) is 14.3. The average Bonchev–Trinajstić information content (AvgIpc) is 2.48. The van der Waals surface area contributed by atoms with Gasteiger partial charge in [-0.1, -0.05) is 6.07 Å². The molecule has 0 bridgehead atoms. The quantitative estimate of drug-likeness (QED) is 0.661. The lowest BCUT2D eigenvalue weighted by Crippen LogP contribution is -2.41. The minimum atomic E-state index is -0.513. The summed E-state index contributed by atoms with van der Waals surface area (Å²) in [6.45, 7) is 7.92. The first-order valence-electron chi connectivity index (χ1n) is 6.38. The Balaban J connectivity index is 2.36. The van der Waals surface area contributed by atoms with Crippen LogP contribution in [0, 0.1) is 0 Å². The summed E-state index contributed by atoms with van der Waals surface area (Å²) >= 11 is 0. The Morgan fingerprint density at radius 2 is 1.79 bits per heavy atom. The van der Waals surface area contributed by atoms with Crippen molar-refractivity contribution in [2.24, 2.45) is 0 Å². The fourth-order valence-electron chi connectivity index (χ4n) is 2.06. The molecule has 1 saturated heterocycles. The summed E-state index contributed by atoms with van der Waals surface area (Å²) in [4.78, 5) is 10.7. The van der Waals surface area contributed by atoms with E-state index < -0.39 is 18.3 Å². The van der Waals surface area contributed by atoms with Crippen molar-refractivity contribution < 1.29 is 19.2 Å². The number of carbonyl (C=O) groups excluding carboxylic acids is 1. The summed E-state index contributed by atoms with van der Waals surface area (Å²) in [6.07, 6.45) is 1.04. The van der Waals surface area contributed by atoms with Crippen molar-refractivity contribution in [1.29, 1.82) is 0 Å². The lowest BCUT2D eigenvalue weighted by Gasteiger charge is -2.32. The number of aromatic hydroxyl groups is 1. The second-order valence-corrected chi connectivity index (χ2v) is 5.84. The molecule has 102 valence electrons. The topological polar surface area (TPSA) is 55.8 Å². The lowest BCUT2D eigenvalue weighted by molar-refractivity contribution is -0.107. The van der Waals surface area contributed by atoms with Crippen LogP contribution in [0.25, 0.3) is 0 Å². The normalized spacial score (nSPS) is 20.5. The van der Waals surface area contributed by atoms with Gasteiger partial charge < -0.3 is 19.2 Å². The van der Waals surface area contributed by atoms with Crippen molar-refractivity contribution in [2.45, 2.75) is 45.3 Å². The van der Waals surface area contributed by atoms with Crippen LogP contribution in [0.3, 0.4) is 0 Å². The standard InChI is InChI=1S/C14H19BO4/c1-13(2)14(3,4)19-15(18-13)12-6-5-11(17)9-10(12)7-8-16/h5-6,8-9,17H,7H2,1-4H3. The van der Waals surface area contributed by atoms with Gasteiger partial charge in [0.1, 0.15) is 12.0 Å². The second kappa shape index (κ2) is 4.65. The highest BCUT2D eigenvalue weighted by atomic mass is 16.7. The molecule has 1 aromatic carbocycles. The first-order chi connectivity index (χ1) is 8.77. The van der Waals surface area contributed by atoms with Crippen LogP contribution in [0.5, 0.6) is 5.75 Å². The minimum absolute atomic E-state index is 0.136. The monoisotopic (exact) mass is 262 g/mol. The molecular formula is C14H19BO4. The molecular weight excluding hydrogens is 243 g/mol. The summed E-state index contributed by atoms with van der Waals surface area (Å²) in [5, 5.41) is 9.51. The third-order valence-corrected chi connectivity index (χ3v) is 3.94. The highest BCUT2D eigenvalue weighted by Gasteiger charge is 2.52. The van der Waals surface area contributed by atoms with Crippen LogP contribution in [-0.2, 0) is 20.5 Å². The lowest BCUT2D eigenvalue weighted by atomic mass is 9.75. The maximum absolute atomic E-state index is 10.7. The maximum Gasteiger partial charge on any atom is 0.495 e. The van der Waals surface area contributed by atoms with Crippen molar-refractivity contribution in [3.63, 3.8) is 0 Å². The van der Waals surface area contributed by atoms with E-state index in [1.165, 1.54) is 0 Å². The summed E-state index contributed by atoms with van der Waals surface area (Å²) in [6, 6.07) is 4.90. The fourth-order valence-corrected chi connectivity index (χ4v) is 2.06. The van der Waals surface area contributed by atoms with Gasteiger partial charge in [-0.25, -0.2) is 0 Å². The molecule has 0 radical (unpaired) electrons. The molecule has 1 aliphatic rings. The Morgan fingerprint density at radius 3 is 2.32 bits per heavy atom. The van der Waals surface area contributed by atoms with Crippen LogP contribution < -0.4 is 5.46 Å². The molecule has 19 heavy (non-hydrogen) atoms. The molecule has 0 saturated carbocycles. The van der Waals surface area contributed by atoms with Crippen LogP contribution in [0.4, 0.5) is 0 Å². The summed E-state index contributed by atoms with van der Waals surface area (Å²) in [7, 11) is -0.513. The van der Waals surface area contributed by atoms with Crippen molar-refractivity contribution in [3.05, 3.63) is 23.8 Å². The van der Waals surface area contributed by atoms with Gasteiger partial charge in [-0.05, 0) is 50.9 Å².